The molecule has 0 saturated heterocycles. The van der Waals surface area contributed by atoms with E-state index < -0.39 is 10.0 Å². The first-order chi connectivity index (χ1) is 10.5. The predicted molar refractivity (Wildman–Crippen MR) is 83.3 cm³/mol. The molecule has 22 heavy (non-hydrogen) atoms. The van der Waals surface area contributed by atoms with Crippen LogP contribution in [0.1, 0.15) is 12.5 Å². The zero-order chi connectivity index (χ0) is 15.6. The maximum Gasteiger partial charge on any atom is 0.240 e. The Morgan fingerprint density at radius 1 is 1.32 bits per heavy atom. The van der Waals surface area contributed by atoms with Crippen LogP contribution in [-0.4, -0.2) is 26.1 Å². The highest BCUT2D eigenvalue weighted by molar-refractivity contribution is 7.89. The second kappa shape index (κ2) is 5.94. The quantitative estimate of drug-likeness (QED) is 0.897. The summed E-state index contributed by atoms with van der Waals surface area (Å²) in [4.78, 5) is 4.12. The van der Waals surface area contributed by atoms with Crippen molar-refractivity contribution in [3.05, 3.63) is 48.3 Å². The minimum absolute atomic E-state index is 0.0692. The van der Waals surface area contributed by atoms with Gasteiger partial charge in [0, 0.05) is 18.9 Å². The molecule has 2 N–H and O–H groups in total. The topological polar surface area (TPSA) is 80.3 Å². The van der Waals surface area contributed by atoms with Crippen LogP contribution in [0.2, 0.25) is 0 Å². The zero-order valence-corrected chi connectivity index (χ0v) is 12.9. The van der Waals surface area contributed by atoms with E-state index in [-0.39, 0.29) is 17.5 Å². The first-order valence-corrected chi connectivity index (χ1v) is 8.46. The van der Waals surface area contributed by atoms with Gasteiger partial charge in [-0.2, -0.15) is 0 Å². The molecule has 0 spiro atoms. The molecule has 0 bridgehead atoms. The van der Waals surface area contributed by atoms with Gasteiger partial charge in [0.05, 0.1) is 17.1 Å². The van der Waals surface area contributed by atoms with Crippen LogP contribution in [0.3, 0.4) is 0 Å². The number of fused-ring (bicyclic) bond motifs is 1. The number of sulfonamides is 1. The highest BCUT2D eigenvalue weighted by Crippen LogP contribution is 2.31. The molecule has 2 heterocycles. The van der Waals surface area contributed by atoms with Gasteiger partial charge < -0.3 is 10.1 Å². The van der Waals surface area contributed by atoms with E-state index in [2.05, 4.69) is 15.0 Å². The Balaban J connectivity index is 1.78. The maximum absolute atomic E-state index is 12.4. The lowest BCUT2D eigenvalue weighted by Crippen LogP contribution is -2.28. The number of anilines is 1. The van der Waals surface area contributed by atoms with Crippen molar-refractivity contribution in [3.8, 4) is 5.75 Å². The van der Waals surface area contributed by atoms with Gasteiger partial charge in [0.25, 0.3) is 0 Å². The molecule has 1 atom stereocenters. The van der Waals surface area contributed by atoms with Crippen LogP contribution in [0.5, 0.6) is 5.75 Å². The Labute approximate surface area is 129 Å². The molecular weight excluding hydrogens is 302 g/mol. The van der Waals surface area contributed by atoms with Crippen molar-refractivity contribution < 1.29 is 13.2 Å². The predicted octanol–water partition coefficient (Wildman–Crippen LogP) is 1.75. The van der Waals surface area contributed by atoms with Crippen molar-refractivity contribution in [2.45, 2.75) is 24.5 Å². The Morgan fingerprint density at radius 3 is 2.86 bits per heavy atom. The van der Waals surface area contributed by atoms with Gasteiger partial charge in [-0.1, -0.05) is 0 Å². The molecule has 7 heteroatoms. The highest BCUT2D eigenvalue weighted by Gasteiger charge is 2.20. The van der Waals surface area contributed by atoms with Crippen LogP contribution in [0.25, 0.3) is 0 Å². The summed E-state index contributed by atoms with van der Waals surface area (Å²) in [6, 6.07) is 8.36. The number of pyridine rings is 1. The smallest absolute Gasteiger partial charge is 0.240 e. The van der Waals surface area contributed by atoms with E-state index in [1.165, 1.54) is 0 Å². The van der Waals surface area contributed by atoms with Gasteiger partial charge in [0.1, 0.15) is 11.9 Å². The van der Waals surface area contributed by atoms with E-state index in [1.54, 1.807) is 42.7 Å². The number of hydrogen-bond acceptors (Lipinski definition) is 5. The molecule has 1 aromatic heterocycles. The lowest BCUT2D eigenvalue weighted by atomic mass is 10.2. The SMILES string of the molecule is CC1CNc2cc(S(=O)(=O)NCc3ccncc3)ccc2O1. The first kappa shape index (κ1) is 14.8. The molecule has 0 radical (unpaired) electrons. The molecule has 116 valence electrons. The average Bonchev–Trinajstić information content (AvgIpc) is 2.53. The first-order valence-electron chi connectivity index (χ1n) is 6.98. The molecule has 0 aliphatic carbocycles. The molecule has 0 saturated carbocycles. The number of ether oxygens (including phenoxy) is 1. The molecular formula is C15H17N3O3S. The van der Waals surface area contributed by atoms with Gasteiger partial charge in [0.2, 0.25) is 10.0 Å². The third kappa shape index (κ3) is 3.20. The van der Waals surface area contributed by atoms with E-state index >= 15 is 0 Å². The fraction of sp³-hybridized carbons (Fsp3) is 0.267. The van der Waals surface area contributed by atoms with Crippen molar-refractivity contribution in [2.75, 3.05) is 11.9 Å². The monoisotopic (exact) mass is 319 g/mol. The second-order valence-electron chi connectivity index (χ2n) is 5.15. The zero-order valence-electron chi connectivity index (χ0n) is 12.1. The van der Waals surface area contributed by atoms with Crippen LogP contribution >= 0.6 is 0 Å². The normalized spacial score (nSPS) is 17.2. The van der Waals surface area contributed by atoms with Gasteiger partial charge in [-0.25, -0.2) is 13.1 Å². The van der Waals surface area contributed by atoms with E-state index in [0.717, 1.165) is 5.56 Å². The molecule has 6 nitrogen and oxygen atoms in total. The molecule has 3 rings (SSSR count). The van der Waals surface area contributed by atoms with Crippen molar-refractivity contribution in [1.82, 2.24) is 9.71 Å². The number of nitrogens with zero attached hydrogens (tertiary/aromatic N) is 1. The number of rotatable bonds is 4. The second-order valence-corrected chi connectivity index (χ2v) is 6.91. The standard InChI is InChI=1S/C15H17N3O3S/c1-11-9-17-14-8-13(2-3-15(14)21-11)22(19,20)18-10-12-4-6-16-7-5-12/h2-8,11,17-18H,9-10H2,1H3. The van der Waals surface area contributed by atoms with Crippen molar-refractivity contribution in [2.24, 2.45) is 0 Å². The van der Waals surface area contributed by atoms with Gasteiger partial charge in [0.15, 0.2) is 0 Å². The summed E-state index contributed by atoms with van der Waals surface area (Å²) in [6.07, 6.45) is 3.33. The van der Waals surface area contributed by atoms with E-state index in [4.69, 9.17) is 4.74 Å². The summed E-state index contributed by atoms with van der Waals surface area (Å²) in [5.74, 6) is 0.673. The summed E-state index contributed by atoms with van der Waals surface area (Å²) in [5, 5.41) is 3.17. The molecule has 1 aliphatic heterocycles. The van der Waals surface area contributed by atoms with Crippen LogP contribution < -0.4 is 14.8 Å². The third-order valence-corrected chi connectivity index (χ3v) is 4.78. The highest BCUT2D eigenvalue weighted by atomic mass is 32.2. The Morgan fingerprint density at radius 2 is 2.09 bits per heavy atom. The van der Waals surface area contributed by atoms with Crippen molar-refractivity contribution in [1.29, 1.82) is 0 Å². The minimum atomic E-state index is -3.57. The number of nitrogens with one attached hydrogen (secondary N) is 2. The lowest BCUT2D eigenvalue weighted by Gasteiger charge is -2.25. The molecule has 0 amide bonds. The molecule has 1 aliphatic rings. The molecule has 1 unspecified atom stereocenters. The lowest BCUT2D eigenvalue weighted by molar-refractivity contribution is 0.226. The van der Waals surface area contributed by atoms with Crippen LogP contribution in [0.4, 0.5) is 5.69 Å². The summed E-state index contributed by atoms with van der Waals surface area (Å²) in [6.45, 7) is 2.83. The summed E-state index contributed by atoms with van der Waals surface area (Å²) < 4.78 is 32.9. The van der Waals surface area contributed by atoms with Crippen LogP contribution in [-0.2, 0) is 16.6 Å². The summed E-state index contributed by atoms with van der Waals surface area (Å²) >= 11 is 0. The third-order valence-electron chi connectivity index (χ3n) is 3.39. The van der Waals surface area contributed by atoms with Gasteiger partial charge in [-0.3, -0.25) is 4.98 Å². The van der Waals surface area contributed by atoms with Crippen LogP contribution in [0.15, 0.2) is 47.6 Å². The summed E-state index contributed by atoms with van der Waals surface area (Å²) in [5.41, 5.74) is 1.55. The Kier molecular flexibility index (Phi) is 4.00. The molecule has 0 fully saturated rings. The van der Waals surface area contributed by atoms with Crippen LogP contribution in [0, 0.1) is 0 Å². The number of benzene rings is 1. The Hall–Kier alpha value is -2.12. The largest absolute Gasteiger partial charge is 0.487 e. The van der Waals surface area contributed by atoms with E-state index in [1.807, 2.05) is 6.92 Å². The van der Waals surface area contributed by atoms with Gasteiger partial charge in [-0.15, -0.1) is 0 Å². The fourth-order valence-electron chi connectivity index (χ4n) is 2.19. The van der Waals surface area contributed by atoms with E-state index in [0.29, 0.717) is 18.0 Å². The van der Waals surface area contributed by atoms with Crippen molar-refractivity contribution in [3.63, 3.8) is 0 Å². The minimum Gasteiger partial charge on any atom is -0.487 e. The molecule has 2 aromatic rings. The maximum atomic E-state index is 12.4. The number of aromatic nitrogens is 1. The number of hydrogen-bond donors (Lipinski definition) is 2. The van der Waals surface area contributed by atoms with Gasteiger partial charge >= 0.3 is 0 Å². The summed E-state index contributed by atoms with van der Waals surface area (Å²) in [7, 11) is -3.57. The Bertz CT molecular complexity index is 763. The average molecular weight is 319 g/mol. The van der Waals surface area contributed by atoms with Crippen molar-refractivity contribution >= 4 is 15.7 Å². The fourth-order valence-corrected chi connectivity index (χ4v) is 3.24. The molecule has 1 aromatic carbocycles. The van der Waals surface area contributed by atoms with E-state index in [9.17, 15) is 8.42 Å². The van der Waals surface area contributed by atoms with Gasteiger partial charge in [-0.05, 0) is 42.8 Å².